The third-order valence-corrected chi connectivity index (χ3v) is 21.4. The Morgan fingerprint density at radius 3 is 0.810 bits per heavy atom. The van der Waals surface area contributed by atoms with Crippen LogP contribution in [0.4, 0.5) is 0 Å². The lowest BCUT2D eigenvalue weighted by molar-refractivity contribution is 0.240. The van der Waals surface area contributed by atoms with E-state index in [1.54, 1.807) is 28.4 Å². The maximum atomic E-state index is 5.86. The summed E-state index contributed by atoms with van der Waals surface area (Å²) in [5, 5.41) is 0. The Morgan fingerprint density at radius 2 is 0.595 bits per heavy atom. The summed E-state index contributed by atoms with van der Waals surface area (Å²) >= 11 is 0. The highest BCUT2D eigenvalue weighted by Crippen LogP contribution is 2.24. The summed E-state index contributed by atoms with van der Waals surface area (Å²) in [5.74, 6) is 0. The van der Waals surface area contributed by atoms with Crippen LogP contribution in [0.3, 0.4) is 0 Å². The molecule has 42 heavy (non-hydrogen) atoms. The molecule has 0 radical (unpaired) electrons. The molecule has 0 aliphatic rings. The summed E-state index contributed by atoms with van der Waals surface area (Å²) < 4.78 is 34.3. The van der Waals surface area contributed by atoms with Gasteiger partial charge in [-0.05, 0) is 76.3 Å². The molecule has 0 aromatic carbocycles. The fraction of sp³-hybridized carbons (Fsp3) is 1.00. The van der Waals surface area contributed by atoms with Crippen LogP contribution >= 0.6 is 0 Å². The minimum absolute atomic E-state index is 0.888. The zero-order valence-electron chi connectivity index (χ0n) is 30.6. The number of hydrogen-bond acceptors (Lipinski definition) is 6. The molecule has 0 aromatic rings. The molecule has 0 bridgehead atoms. The van der Waals surface area contributed by atoms with E-state index >= 15 is 0 Å². The van der Waals surface area contributed by atoms with Gasteiger partial charge in [-0.3, -0.25) is 0 Å². The van der Waals surface area contributed by atoms with Gasteiger partial charge in [0, 0.05) is 41.7 Å². The van der Waals surface area contributed by atoms with Crippen LogP contribution in [0.15, 0.2) is 0 Å². The molecule has 256 valence electrons. The quantitative estimate of drug-likeness (QED) is 0.0611. The highest BCUT2D eigenvalue weighted by atomic mass is 28.4. The SMILES string of the molecule is CCO[Si](C)(C)CCCCCCCC[Si](C)(C)OCC.CC[Si](CCCCCCCC[Si](CC)(OC)OC)(OC)OC. The molecule has 0 rings (SSSR count). The highest BCUT2D eigenvalue weighted by molar-refractivity contribution is 6.71. The molecule has 0 fully saturated rings. The van der Waals surface area contributed by atoms with Crippen molar-refractivity contribution in [3.8, 4) is 0 Å². The molecule has 10 heteroatoms. The van der Waals surface area contributed by atoms with Crippen molar-refractivity contribution >= 4 is 33.8 Å². The van der Waals surface area contributed by atoms with E-state index < -0.39 is 33.8 Å². The summed E-state index contributed by atoms with van der Waals surface area (Å²) in [4.78, 5) is 0. The molecule has 0 spiro atoms. The van der Waals surface area contributed by atoms with E-state index in [9.17, 15) is 0 Å². The van der Waals surface area contributed by atoms with Gasteiger partial charge in [0.15, 0.2) is 16.6 Å². The maximum Gasteiger partial charge on any atom is 0.337 e. The monoisotopic (exact) mass is 668 g/mol. The molecule has 0 unspecified atom stereocenters. The number of hydrogen-bond donors (Lipinski definition) is 0. The van der Waals surface area contributed by atoms with E-state index in [0.717, 1.165) is 37.4 Å². The zero-order valence-corrected chi connectivity index (χ0v) is 34.6. The van der Waals surface area contributed by atoms with Gasteiger partial charge < -0.3 is 26.6 Å². The lowest BCUT2D eigenvalue weighted by atomic mass is 10.1. The van der Waals surface area contributed by atoms with Crippen molar-refractivity contribution in [2.75, 3.05) is 41.7 Å². The second kappa shape index (κ2) is 26.8. The second-order valence-electron chi connectivity index (χ2n) is 13.0. The molecule has 0 aliphatic carbocycles. The molecule has 6 nitrogen and oxygen atoms in total. The van der Waals surface area contributed by atoms with Crippen molar-refractivity contribution in [2.45, 2.75) is 167 Å². The second-order valence-corrected chi connectivity index (χ2v) is 29.3. The van der Waals surface area contributed by atoms with Gasteiger partial charge in [-0.15, -0.1) is 0 Å². The van der Waals surface area contributed by atoms with Crippen molar-refractivity contribution < 1.29 is 26.6 Å². The van der Waals surface area contributed by atoms with E-state index in [-0.39, 0.29) is 0 Å². The van der Waals surface area contributed by atoms with Crippen molar-refractivity contribution in [1.82, 2.24) is 0 Å². The van der Waals surface area contributed by atoms with Crippen LogP contribution in [0, 0.1) is 0 Å². The molecule has 0 aliphatic heterocycles. The summed E-state index contributed by atoms with van der Waals surface area (Å²) in [6, 6.07) is 6.97. The fourth-order valence-electron chi connectivity index (χ4n) is 5.74. The van der Waals surface area contributed by atoms with Crippen molar-refractivity contribution in [3.63, 3.8) is 0 Å². The van der Waals surface area contributed by atoms with Crippen molar-refractivity contribution in [2.24, 2.45) is 0 Å². The third-order valence-electron chi connectivity index (χ3n) is 8.81. The molecule has 0 heterocycles. The van der Waals surface area contributed by atoms with Gasteiger partial charge in [-0.2, -0.15) is 0 Å². The first-order chi connectivity index (χ1) is 19.9. The van der Waals surface area contributed by atoms with E-state index in [1.807, 2.05) is 0 Å². The molecule has 0 saturated carbocycles. The van der Waals surface area contributed by atoms with E-state index in [0.29, 0.717) is 0 Å². The Balaban J connectivity index is 0. The predicted octanol–water partition coefficient (Wildman–Crippen LogP) is 10.6. The molecule has 0 atom stereocenters. The molecule has 0 aromatic heterocycles. The molecule has 0 amide bonds. The standard InChI is InChI=1S/C16H38O4Si2.C16H38O2Si2/c1-7-21(17-3,18-4)15-13-11-9-10-12-14-16-22(8-2,19-5)20-6;1-7-17-19(3,4)15-13-11-9-10-12-14-16-20(5,6)18-8-2/h7-16H2,1-6H3;7-16H2,1-6H3. The van der Waals surface area contributed by atoms with Gasteiger partial charge in [0.25, 0.3) is 0 Å². The smallest absolute Gasteiger partial charge is 0.337 e. The summed E-state index contributed by atoms with van der Waals surface area (Å²) in [6.07, 6.45) is 15.9. The lowest BCUT2D eigenvalue weighted by Gasteiger charge is -2.26. The molecule has 0 N–H and O–H groups in total. The fourth-order valence-corrected chi connectivity index (χ4v) is 14.4. The predicted molar refractivity (Wildman–Crippen MR) is 193 cm³/mol. The zero-order chi connectivity index (χ0) is 32.4. The number of rotatable bonds is 28. The maximum absolute atomic E-state index is 5.86. The van der Waals surface area contributed by atoms with E-state index in [1.165, 1.54) is 89.1 Å². The Bertz CT molecular complexity index is 521. The van der Waals surface area contributed by atoms with Gasteiger partial charge in [-0.25, -0.2) is 0 Å². The van der Waals surface area contributed by atoms with Gasteiger partial charge in [-0.1, -0.05) is 90.9 Å². The average Bonchev–Trinajstić information content (AvgIpc) is 2.96. The summed E-state index contributed by atoms with van der Waals surface area (Å²) in [6.45, 7) is 19.7. The van der Waals surface area contributed by atoms with E-state index in [2.05, 4.69) is 53.9 Å². The Kier molecular flexibility index (Phi) is 28.6. The topological polar surface area (TPSA) is 55.4 Å². The minimum Gasteiger partial charge on any atom is -0.418 e. The highest BCUT2D eigenvalue weighted by Gasteiger charge is 2.33. The van der Waals surface area contributed by atoms with Gasteiger partial charge in [0.1, 0.15) is 0 Å². The first kappa shape index (κ1) is 44.8. The van der Waals surface area contributed by atoms with Crippen LogP contribution in [-0.2, 0) is 26.6 Å². The van der Waals surface area contributed by atoms with Gasteiger partial charge in [0.05, 0.1) is 0 Å². The normalized spacial score (nSPS) is 12.9. The van der Waals surface area contributed by atoms with Crippen molar-refractivity contribution in [1.29, 1.82) is 0 Å². The van der Waals surface area contributed by atoms with Gasteiger partial charge >= 0.3 is 17.1 Å². The Labute approximate surface area is 268 Å². The average molecular weight is 669 g/mol. The van der Waals surface area contributed by atoms with Crippen LogP contribution in [0.2, 0.25) is 62.5 Å². The van der Waals surface area contributed by atoms with E-state index in [4.69, 9.17) is 26.6 Å². The van der Waals surface area contributed by atoms with Crippen LogP contribution in [0.1, 0.15) is 105 Å². The van der Waals surface area contributed by atoms with Gasteiger partial charge in [0.2, 0.25) is 0 Å². The summed E-state index contributed by atoms with van der Waals surface area (Å²) in [5.41, 5.74) is 0. The van der Waals surface area contributed by atoms with Crippen LogP contribution < -0.4 is 0 Å². The third kappa shape index (κ3) is 23.0. The Morgan fingerprint density at radius 1 is 0.357 bits per heavy atom. The molecular formula is C32H76O6Si4. The van der Waals surface area contributed by atoms with Crippen molar-refractivity contribution in [3.05, 3.63) is 0 Å². The lowest BCUT2D eigenvalue weighted by Crippen LogP contribution is -2.38. The first-order valence-electron chi connectivity index (χ1n) is 17.4. The minimum atomic E-state index is -1.86. The Hall–Kier alpha value is 0.628. The number of unbranched alkanes of at least 4 members (excludes halogenated alkanes) is 10. The first-order valence-corrected chi connectivity index (χ1v) is 28.1. The largest absolute Gasteiger partial charge is 0.418 e. The van der Waals surface area contributed by atoms with Crippen LogP contribution in [0.5, 0.6) is 0 Å². The summed E-state index contributed by atoms with van der Waals surface area (Å²) in [7, 11) is 0.834. The van der Waals surface area contributed by atoms with Crippen LogP contribution in [-0.4, -0.2) is 75.4 Å². The van der Waals surface area contributed by atoms with Crippen LogP contribution in [0.25, 0.3) is 0 Å². The molecule has 0 saturated heterocycles. The molecular weight excluding hydrogens is 593 g/mol.